The topological polar surface area (TPSA) is 76.0 Å². The Kier molecular flexibility index (Phi) is 7.01. The number of carbonyl (C=O) groups is 2. The van der Waals surface area contributed by atoms with Gasteiger partial charge in [0.2, 0.25) is 5.72 Å². The molecule has 4 unspecified atom stereocenters. The molecule has 1 aliphatic heterocycles. The largest absolute Gasteiger partial charge is 0.466 e. The fourth-order valence-corrected chi connectivity index (χ4v) is 5.61. The molecular formula is C28H28F5NO4. The summed E-state index contributed by atoms with van der Waals surface area (Å²) in [7, 11) is 0. The van der Waals surface area contributed by atoms with E-state index in [4.69, 9.17) is 4.74 Å². The minimum atomic E-state index is -6.24. The summed E-state index contributed by atoms with van der Waals surface area (Å²) in [5, 5.41) is 11.2. The molecule has 4 atom stereocenters. The van der Waals surface area contributed by atoms with Crippen LogP contribution in [0.15, 0.2) is 59.6 Å². The van der Waals surface area contributed by atoms with Crippen LogP contribution in [0.2, 0.25) is 0 Å². The minimum absolute atomic E-state index is 0.00107. The van der Waals surface area contributed by atoms with E-state index in [-0.39, 0.29) is 30.7 Å². The lowest BCUT2D eigenvalue weighted by Crippen LogP contribution is -2.67. The van der Waals surface area contributed by atoms with Crippen LogP contribution >= 0.6 is 0 Å². The van der Waals surface area contributed by atoms with Crippen molar-refractivity contribution < 1.29 is 41.4 Å². The van der Waals surface area contributed by atoms with Gasteiger partial charge in [-0.05, 0) is 35.4 Å². The Balaban J connectivity index is 1.95. The van der Waals surface area contributed by atoms with Crippen molar-refractivity contribution in [3.8, 4) is 11.1 Å². The molecule has 5 nitrogen and oxygen atoms in total. The molecule has 0 spiro atoms. The molecule has 204 valence electrons. The van der Waals surface area contributed by atoms with Gasteiger partial charge in [-0.1, -0.05) is 68.4 Å². The highest BCUT2D eigenvalue weighted by molar-refractivity contribution is 6.10. The van der Waals surface area contributed by atoms with E-state index < -0.39 is 52.7 Å². The number of ketones is 1. The summed E-state index contributed by atoms with van der Waals surface area (Å²) in [6, 6.07) is 15.3. The van der Waals surface area contributed by atoms with Gasteiger partial charge in [0, 0.05) is 18.1 Å². The number of benzene rings is 2. The maximum atomic E-state index is 15.1. The first-order valence-electron chi connectivity index (χ1n) is 12.2. The van der Waals surface area contributed by atoms with Crippen molar-refractivity contribution in [3.63, 3.8) is 0 Å². The predicted molar refractivity (Wildman–Crippen MR) is 130 cm³/mol. The second kappa shape index (κ2) is 9.55. The van der Waals surface area contributed by atoms with Crippen molar-refractivity contribution in [2.75, 3.05) is 6.61 Å². The van der Waals surface area contributed by atoms with Gasteiger partial charge >= 0.3 is 18.1 Å². The number of nitrogens with zero attached hydrogens (tertiary/aromatic N) is 1. The summed E-state index contributed by atoms with van der Waals surface area (Å²) in [5.41, 5.74) is -3.61. The van der Waals surface area contributed by atoms with Crippen LogP contribution in [0.1, 0.15) is 45.1 Å². The molecule has 1 N–H and O–H groups in total. The second-order valence-electron chi connectivity index (χ2n) is 10.6. The maximum absolute atomic E-state index is 15.1. The molecular weight excluding hydrogens is 509 g/mol. The first kappa shape index (κ1) is 27.9. The van der Waals surface area contributed by atoms with Crippen LogP contribution in [0.3, 0.4) is 0 Å². The Labute approximate surface area is 216 Å². The highest BCUT2D eigenvalue weighted by Gasteiger charge is 2.77. The normalized spacial score (nSPS) is 27.3. The first-order valence-corrected chi connectivity index (χ1v) is 12.2. The van der Waals surface area contributed by atoms with Crippen molar-refractivity contribution in [3.05, 3.63) is 60.2 Å². The highest BCUT2D eigenvalue weighted by atomic mass is 19.4. The van der Waals surface area contributed by atoms with E-state index in [1.807, 2.05) is 30.3 Å². The summed E-state index contributed by atoms with van der Waals surface area (Å²) in [4.78, 5) is 30.0. The zero-order chi connectivity index (χ0) is 28.1. The van der Waals surface area contributed by atoms with Gasteiger partial charge in [-0.25, -0.2) is 0 Å². The number of aliphatic imine (C=N–C) groups is 1. The monoisotopic (exact) mass is 537 g/mol. The van der Waals surface area contributed by atoms with Crippen LogP contribution in [0, 0.1) is 17.3 Å². The number of aliphatic hydroxyl groups is 1. The highest BCUT2D eigenvalue weighted by Crippen LogP contribution is 2.57. The van der Waals surface area contributed by atoms with Crippen LogP contribution in [0.5, 0.6) is 0 Å². The number of esters is 1. The molecule has 2 aromatic rings. The van der Waals surface area contributed by atoms with Crippen molar-refractivity contribution >= 4 is 17.5 Å². The molecule has 1 saturated carbocycles. The van der Waals surface area contributed by atoms with E-state index in [1.54, 1.807) is 26.0 Å². The van der Waals surface area contributed by atoms with Gasteiger partial charge in [-0.15, -0.1) is 0 Å². The minimum Gasteiger partial charge on any atom is -0.466 e. The third-order valence-corrected chi connectivity index (χ3v) is 7.25. The van der Waals surface area contributed by atoms with Crippen LogP contribution in [0.25, 0.3) is 11.1 Å². The van der Waals surface area contributed by atoms with Crippen molar-refractivity contribution in [2.24, 2.45) is 22.2 Å². The van der Waals surface area contributed by atoms with E-state index in [2.05, 4.69) is 4.99 Å². The number of hydrogen-bond donors (Lipinski definition) is 1. The van der Waals surface area contributed by atoms with Gasteiger partial charge in [0.25, 0.3) is 0 Å². The Morgan fingerprint density at radius 3 is 2.13 bits per heavy atom. The lowest BCUT2D eigenvalue weighted by atomic mass is 9.59. The van der Waals surface area contributed by atoms with Gasteiger partial charge in [-0.2, -0.15) is 22.0 Å². The average Bonchev–Trinajstić information content (AvgIpc) is 2.82. The summed E-state index contributed by atoms with van der Waals surface area (Å²) in [6.45, 7) is 4.33. The smallest absolute Gasteiger partial charge is 0.458 e. The molecule has 4 rings (SSSR count). The van der Waals surface area contributed by atoms with E-state index in [0.717, 1.165) is 11.1 Å². The van der Waals surface area contributed by atoms with E-state index in [9.17, 15) is 27.9 Å². The van der Waals surface area contributed by atoms with Gasteiger partial charge in [-0.3, -0.25) is 14.6 Å². The summed E-state index contributed by atoms with van der Waals surface area (Å²) < 4.78 is 76.2. The van der Waals surface area contributed by atoms with E-state index >= 15 is 8.78 Å². The van der Waals surface area contributed by atoms with E-state index in [0.29, 0.717) is 0 Å². The quantitative estimate of drug-likeness (QED) is 0.377. The predicted octanol–water partition coefficient (Wildman–Crippen LogP) is 5.96. The molecule has 1 aliphatic carbocycles. The number of halogens is 5. The lowest BCUT2D eigenvalue weighted by Gasteiger charge is -2.50. The Morgan fingerprint density at radius 1 is 1.00 bits per heavy atom. The molecule has 0 aromatic heterocycles. The molecule has 0 saturated heterocycles. The molecule has 0 bridgehead atoms. The fraction of sp³-hybridized carbons (Fsp3) is 0.464. The molecule has 0 radical (unpaired) electrons. The second-order valence-corrected chi connectivity index (χ2v) is 10.6. The van der Waals surface area contributed by atoms with Gasteiger partial charge < -0.3 is 9.84 Å². The number of alkyl halides is 5. The van der Waals surface area contributed by atoms with Gasteiger partial charge in [0.05, 0.1) is 12.5 Å². The number of fused-ring (bicyclic) bond motifs is 1. The van der Waals surface area contributed by atoms with Crippen LogP contribution < -0.4 is 0 Å². The van der Waals surface area contributed by atoms with Crippen LogP contribution in [-0.2, 0) is 14.3 Å². The Hall–Kier alpha value is -3.14. The molecule has 0 amide bonds. The number of rotatable bonds is 5. The zero-order valence-electron chi connectivity index (χ0n) is 21.1. The molecule has 2 aliphatic rings. The summed E-state index contributed by atoms with van der Waals surface area (Å²) in [6.07, 6.45) is -6.34. The van der Waals surface area contributed by atoms with Gasteiger partial charge in [0.1, 0.15) is 11.7 Å². The average molecular weight is 538 g/mol. The SMILES string of the molecule is CCOC(=O)C1C(c2ccc(-c3ccccc3)cc2)C2C(=O)CC(C)(C)CC2=NC1(O)C(F)(F)C(F)(F)F. The van der Waals surface area contributed by atoms with Gasteiger partial charge in [0.15, 0.2) is 0 Å². The number of ether oxygens (including phenoxy) is 1. The standard InChI is InChI=1S/C28H28F5NO4/c1-4-38-24(36)23-21(18-12-10-17(11-13-18)16-8-6-5-7-9-16)22-19(14-25(2,3)15-20(22)35)34-26(23,37)27(29,30)28(31,32)33/h5-13,21-23,37H,4,14-15H2,1-3H3. The third-order valence-electron chi connectivity index (χ3n) is 7.25. The van der Waals surface area contributed by atoms with Crippen molar-refractivity contribution in [1.29, 1.82) is 0 Å². The van der Waals surface area contributed by atoms with Crippen LogP contribution in [0.4, 0.5) is 22.0 Å². The third kappa shape index (κ3) is 4.63. The number of carbonyl (C=O) groups excluding carboxylic acids is 2. The van der Waals surface area contributed by atoms with Crippen LogP contribution in [-0.4, -0.2) is 47.0 Å². The maximum Gasteiger partial charge on any atom is 0.458 e. The molecule has 1 fully saturated rings. The van der Waals surface area contributed by atoms with E-state index in [1.165, 1.54) is 19.1 Å². The molecule has 1 heterocycles. The summed E-state index contributed by atoms with van der Waals surface area (Å²) in [5.74, 6) is -13.1. The first-order chi connectivity index (χ1) is 17.6. The Morgan fingerprint density at radius 2 is 1.58 bits per heavy atom. The number of Topliss-reactive ketones (excluding diaryl/α,β-unsaturated/α-hetero) is 1. The number of hydrogen-bond acceptors (Lipinski definition) is 5. The fourth-order valence-electron chi connectivity index (χ4n) is 5.61. The molecule has 10 heteroatoms. The molecule has 38 heavy (non-hydrogen) atoms. The molecule has 2 aromatic carbocycles. The summed E-state index contributed by atoms with van der Waals surface area (Å²) >= 11 is 0. The van der Waals surface area contributed by atoms with Crippen molar-refractivity contribution in [1.82, 2.24) is 0 Å². The zero-order valence-corrected chi connectivity index (χ0v) is 21.1. The lowest BCUT2D eigenvalue weighted by molar-refractivity contribution is -0.351. The van der Waals surface area contributed by atoms with Crippen molar-refractivity contribution in [2.45, 2.75) is 57.4 Å². The Bertz CT molecular complexity index is 1240.